The molecule has 2 N–H and O–H groups in total. The monoisotopic (exact) mass is 211 g/mol. The van der Waals surface area contributed by atoms with Crippen LogP contribution in [0.15, 0.2) is 0 Å². The smallest absolute Gasteiger partial charge is 0.293 e. The van der Waals surface area contributed by atoms with Crippen LogP contribution in [0.3, 0.4) is 0 Å². The first-order valence-electron chi connectivity index (χ1n) is 4.76. The van der Waals surface area contributed by atoms with E-state index in [2.05, 4.69) is 0 Å². The van der Waals surface area contributed by atoms with E-state index in [9.17, 15) is 13.2 Å². The van der Waals surface area contributed by atoms with E-state index in [0.717, 1.165) is 6.92 Å². The Hall–Kier alpha value is -0.290. The third-order valence-corrected chi connectivity index (χ3v) is 2.96. The highest BCUT2D eigenvalue weighted by molar-refractivity contribution is 4.96. The topological polar surface area (TPSA) is 35.2 Å². The molecule has 0 bridgehead atoms. The first-order chi connectivity index (χ1) is 6.42. The van der Waals surface area contributed by atoms with Crippen LogP contribution in [0.25, 0.3) is 0 Å². The molecule has 0 aromatic heterocycles. The average molecular weight is 211 g/mol. The molecule has 1 aliphatic heterocycles. The summed E-state index contributed by atoms with van der Waals surface area (Å²) in [6.07, 6.45) is 0.672. The van der Waals surface area contributed by atoms with Crippen molar-refractivity contribution in [2.24, 2.45) is 11.7 Å². The van der Waals surface area contributed by atoms with Gasteiger partial charge in [-0.05, 0) is 19.8 Å². The number of nitrogens with two attached hydrogens (primary N) is 1. The molecular weight excluding hydrogens is 195 g/mol. The van der Waals surface area contributed by atoms with Gasteiger partial charge in [-0.15, -0.1) is 0 Å². The van der Waals surface area contributed by atoms with E-state index in [4.69, 9.17) is 10.5 Å². The lowest BCUT2D eigenvalue weighted by atomic mass is 9.80. The molecule has 1 fully saturated rings. The Morgan fingerprint density at radius 2 is 1.79 bits per heavy atom. The lowest BCUT2D eigenvalue weighted by Gasteiger charge is -2.38. The highest BCUT2D eigenvalue weighted by Crippen LogP contribution is 2.41. The van der Waals surface area contributed by atoms with E-state index in [1.165, 1.54) is 0 Å². The van der Waals surface area contributed by atoms with E-state index in [1.807, 2.05) is 0 Å². The number of hydrogen-bond acceptors (Lipinski definition) is 2. The van der Waals surface area contributed by atoms with Crippen molar-refractivity contribution in [2.45, 2.75) is 31.4 Å². The molecule has 0 radical (unpaired) electrons. The molecule has 2 nitrogen and oxygen atoms in total. The molecule has 0 saturated carbocycles. The molecule has 0 amide bonds. The minimum absolute atomic E-state index is 0.336. The standard InChI is InChI=1S/C9H16F3NO/c1-8(10,9(11,12)6-13)7-2-4-14-5-3-7/h7H,2-6,13H2,1H3. The molecule has 0 aliphatic carbocycles. The van der Waals surface area contributed by atoms with Crippen LogP contribution in [-0.2, 0) is 4.74 Å². The lowest BCUT2D eigenvalue weighted by molar-refractivity contribution is -0.162. The van der Waals surface area contributed by atoms with E-state index in [-0.39, 0.29) is 0 Å². The maximum absolute atomic E-state index is 13.9. The molecule has 1 rings (SSSR count). The number of ether oxygens (including phenoxy) is 1. The number of halogens is 3. The third-order valence-electron chi connectivity index (χ3n) is 2.96. The Bertz CT molecular complexity index is 190. The summed E-state index contributed by atoms with van der Waals surface area (Å²) in [4.78, 5) is 0. The lowest BCUT2D eigenvalue weighted by Crippen LogP contribution is -2.53. The van der Waals surface area contributed by atoms with Crippen molar-refractivity contribution in [1.82, 2.24) is 0 Å². The Balaban J connectivity index is 2.71. The summed E-state index contributed by atoms with van der Waals surface area (Å²) in [7, 11) is 0. The second-order valence-corrected chi connectivity index (χ2v) is 3.87. The maximum atomic E-state index is 13.9. The molecule has 0 spiro atoms. The highest BCUT2D eigenvalue weighted by Gasteiger charge is 2.54. The quantitative estimate of drug-likeness (QED) is 0.771. The first kappa shape index (κ1) is 11.8. The van der Waals surface area contributed by atoms with Crippen molar-refractivity contribution < 1.29 is 17.9 Å². The number of alkyl halides is 3. The molecule has 1 atom stereocenters. The maximum Gasteiger partial charge on any atom is 0.293 e. The van der Waals surface area contributed by atoms with Crippen LogP contribution in [0.2, 0.25) is 0 Å². The van der Waals surface area contributed by atoms with Gasteiger partial charge in [0.2, 0.25) is 0 Å². The van der Waals surface area contributed by atoms with Crippen molar-refractivity contribution in [1.29, 1.82) is 0 Å². The fourth-order valence-corrected chi connectivity index (χ4v) is 1.74. The zero-order valence-electron chi connectivity index (χ0n) is 8.23. The fourth-order valence-electron chi connectivity index (χ4n) is 1.74. The molecule has 0 aromatic rings. The van der Waals surface area contributed by atoms with Crippen molar-refractivity contribution in [3.63, 3.8) is 0 Å². The van der Waals surface area contributed by atoms with E-state index >= 15 is 0 Å². The molecule has 1 aliphatic rings. The molecule has 14 heavy (non-hydrogen) atoms. The first-order valence-corrected chi connectivity index (χ1v) is 4.76. The fraction of sp³-hybridized carbons (Fsp3) is 1.00. The van der Waals surface area contributed by atoms with Gasteiger partial charge in [-0.3, -0.25) is 0 Å². The summed E-state index contributed by atoms with van der Waals surface area (Å²) in [5.74, 6) is -4.11. The van der Waals surface area contributed by atoms with Crippen LogP contribution in [0.5, 0.6) is 0 Å². The van der Waals surface area contributed by atoms with Gasteiger partial charge < -0.3 is 10.5 Å². The van der Waals surface area contributed by atoms with Gasteiger partial charge in [0.15, 0.2) is 5.67 Å². The van der Waals surface area contributed by atoms with Gasteiger partial charge in [0, 0.05) is 19.1 Å². The minimum atomic E-state index is -3.45. The van der Waals surface area contributed by atoms with Crippen LogP contribution in [-0.4, -0.2) is 31.3 Å². The summed E-state index contributed by atoms with van der Waals surface area (Å²) in [6.45, 7) is 0.697. The molecular formula is C9H16F3NO. The van der Waals surface area contributed by atoms with Crippen LogP contribution in [0, 0.1) is 5.92 Å². The van der Waals surface area contributed by atoms with Crippen molar-refractivity contribution in [3.05, 3.63) is 0 Å². The van der Waals surface area contributed by atoms with E-state index in [0.29, 0.717) is 26.1 Å². The number of rotatable bonds is 3. The molecule has 5 heteroatoms. The van der Waals surface area contributed by atoms with E-state index < -0.39 is 24.1 Å². The largest absolute Gasteiger partial charge is 0.381 e. The van der Waals surface area contributed by atoms with Crippen LogP contribution in [0.4, 0.5) is 13.2 Å². The molecule has 0 aromatic carbocycles. The van der Waals surface area contributed by atoms with Gasteiger partial charge in [0.25, 0.3) is 5.92 Å². The normalized spacial score (nSPS) is 24.6. The van der Waals surface area contributed by atoms with Crippen molar-refractivity contribution >= 4 is 0 Å². The zero-order chi connectivity index (χ0) is 10.8. The summed E-state index contributed by atoms with van der Waals surface area (Å²) < 4.78 is 45.2. The van der Waals surface area contributed by atoms with Gasteiger partial charge in [-0.25, -0.2) is 13.2 Å². The molecule has 1 saturated heterocycles. The minimum Gasteiger partial charge on any atom is -0.381 e. The predicted octanol–water partition coefficient (Wildman–Crippen LogP) is 1.74. The van der Waals surface area contributed by atoms with Gasteiger partial charge >= 0.3 is 0 Å². The zero-order valence-corrected chi connectivity index (χ0v) is 8.23. The van der Waals surface area contributed by atoms with E-state index in [1.54, 1.807) is 0 Å². The summed E-state index contributed by atoms with van der Waals surface area (Å²) in [6, 6.07) is 0. The van der Waals surface area contributed by atoms with Crippen LogP contribution in [0.1, 0.15) is 19.8 Å². The number of hydrogen-bond donors (Lipinski definition) is 1. The summed E-state index contributed by atoms with van der Waals surface area (Å²) in [5.41, 5.74) is 2.36. The highest BCUT2D eigenvalue weighted by atomic mass is 19.3. The average Bonchev–Trinajstić information content (AvgIpc) is 2.19. The SMILES string of the molecule is CC(F)(C1CCOCC1)C(F)(F)CN. The predicted molar refractivity (Wildman–Crippen MR) is 47.1 cm³/mol. The Morgan fingerprint density at radius 1 is 1.29 bits per heavy atom. The molecule has 84 valence electrons. The van der Waals surface area contributed by atoms with Crippen molar-refractivity contribution in [2.75, 3.05) is 19.8 Å². The van der Waals surface area contributed by atoms with Crippen molar-refractivity contribution in [3.8, 4) is 0 Å². The Kier molecular flexibility index (Phi) is 3.42. The third kappa shape index (κ3) is 2.03. The Morgan fingerprint density at radius 3 is 2.21 bits per heavy atom. The second-order valence-electron chi connectivity index (χ2n) is 3.87. The van der Waals surface area contributed by atoms with Gasteiger partial charge in [-0.2, -0.15) is 0 Å². The van der Waals surface area contributed by atoms with Crippen LogP contribution < -0.4 is 5.73 Å². The summed E-state index contributed by atoms with van der Waals surface area (Å²) >= 11 is 0. The van der Waals surface area contributed by atoms with Gasteiger partial charge in [0.1, 0.15) is 0 Å². The van der Waals surface area contributed by atoms with Gasteiger partial charge in [0.05, 0.1) is 6.54 Å². The second kappa shape index (κ2) is 4.06. The molecule has 1 heterocycles. The van der Waals surface area contributed by atoms with Crippen LogP contribution >= 0.6 is 0 Å². The summed E-state index contributed by atoms with van der Waals surface area (Å²) in [5, 5.41) is 0. The van der Waals surface area contributed by atoms with Gasteiger partial charge in [-0.1, -0.05) is 0 Å². The molecule has 1 unspecified atom stereocenters. The Labute approximate surface area is 81.6 Å².